The lowest BCUT2D eigenvalue weighted by atomic mass is 9.99. The molecule has 1 aliphatic heterocycles. The van der Waals surface area contributed by atoms with E-state index in [0.29, 0.717) is 6.42 Å². The summed E-state index contributed by atoms with van der Waals surface area (Å²) in [5.41, 5.74) is 4.72. The Morgan fingerprint density at radius 2 is 1.62 bits per heavy atom. The fourth-order valence-corrected chi connectivity index (χ4v) is 3.81. The number of hydrogen-bond acceptors (Lipinski definition) is 7. The number of para-hydroxylation sites is 1. The van der Waals surface area contributed by atoms with Gasteiger partial charge in [-0.2, -0.15) is 0 Å². The summed E-state index contributed by atoms with van der Waals surface area (Å²) >= 11 is 0. The van der Waals surface area contributed by atoms with Crippen LogP contribution in [0.25, 0.3) is 5.69 Å². The number of aryl methyl sites for hydroxylation is 1. The molecule has 170 valence electrons. The van der Waals surface area contributed by atoms with Gasteiger partial charge in [0.15, 0.2) is 0 Å². The van der Waals surface area contributed by atoms with E-state index >= 15 is 0 Å². The van der Waals surface area contributed by atoms with Gasteiger partial charge < -0.3 is 29.9 Å². The molecule has 0 saturated carbocycles. The van der Waals surface area contributed by atoms with E-state index in [0.717, 1.165) is 28.1 Å². The van der Waals surface area contributed by atoms with Crippen molar-refractivity contribution in [2.75, 3.05) is 6.61 Å². The minimum Gasteiger partial charge on any atom is -0.443 e. The van der Waals surface area contributed by atoms with Crippen LogP contribution >= 0.6 is 0 Å². The fourth-order valence-electron chi connectivity index (χ4n) is 3.81. The van der Waals surface area contributed by atoms with E-state index in [2.05, 4.69) is 5.10 Å². The lowest BCUT2D eigenvalue weighted by Gasteiger charge is -2.39. The van der Waals surface area contributed by atoms with Crippen molar-refractivity contribution in [2.45, 2.75) is 51.0 Å². The molecule has 1 aliphatic rings. The normalized spacial score (nSPS) is 25.6. The molecule has 0 amide bonds. The summed E-state index contributed by atoms with van der Waals surface area (Å²) in [6, 6.07) is 17.7. The van der Waals surface area contributed by atoms with Gasteiger partial charge in [-0.25, -0.2) is 4.68 Å². The number of rotatable bonds is 6. The summed E-state index contributed by atoms with van der Waals surface area (Å²) in [5.74, 6) is 0.247. The van der Waals surface area contributed by atoms with E-state index in [1.807, 2.05) is 68.4 Å². The zero-order valence-corrected chi connectivity index (χ0v) is 18.0. The standard InChI is InChI=1S/C24H28N2O6/c1-14-8-10-16(11-9-14)12-18-15(2)26(17-6-4-3-5-7-17)25-23(18)32-24-22(30)21(29)20(28)19(13-27)31-24/h3-11,19-22,24,27-30H,12-13H2,1-2H3/t19-,20-,21+,22-,24?/m1/s1. The average Bonchev–Trinajstić information content (AvgIpc) is 3.11. The third-order valence-corrected chi connectivity index (χ3v) is 5.78. The van der Waals surface area contributed by atoms with Crippen LogP contribution in [0.3, 0.4) is 0 Å². The summed E-state index contributed by atoms with van der Waals surface area (Å²) in [6.45, 7) is 3.43. The Morgan fingerprint density at radius 3 is 2.28 bits per heavy atom. The molecule has 4 rings (SSSR count). The van der Waals surface area contributed by atoms with Crippen molar-refractivity contribution in [3.63, 3.8) is 0 Å². The van der Waals surface area contributed by atoms with Gasteiger partial charge in [0.2, 0.25) is 12.2 Å². The molecule has 0 spiro atoms. The summed E-state index contributed by atoms with van der Waals surface area (Å²) < 4.78 is 13.2. The lowest BCUT2D eigenvalue weighted by Crippen LogP contribution is -2.60. The Balaban J connectivity index is 1.70. The smallest absolute Gasteiger partial charge is 0.239 e. The van der Waals surface area contributed by atoms with E-state index in [1.54, 1.807) is 4.68 Å². The molecule has 32 heavy (non-hydrogen) atoms. The molecule has 2 aromatic carbocycles. The zero-order valence-electron chi connectivity index (χ0n) is 18.0. The van der Waals surface area contributed by atoms with Crippen molar-refractivity contribution in [1.82, 2.24) is 9.78 Å². The monoisotopic (exact) mass is 440 g/mol. The number of aliphatic hydroxyl groups excluding tert-OH is 4. The van der Waals surface area contributed by atoms with Crippen molar-refractivity contribution in [3.8, 4) is 11.6 Å². The summed E-state index contributed by atoms with van der Waals surface area (Å²) in [6.07, 6.45) is -6.32. The van der Waals surface area contributed by atoms with Crippen LogP contribution in [0.1, 0.15) is 22.4 Å². The fraction of sp³-hybridized carbons (Fsp3) is 0.375. The predicted octanol–water partition coefficient (Wildman–Crippen LogP) is 1.26. The van der Waals surface area contributed by atoms with Crippen LogP contribution in [0.4, 0.5) is 0 Å². The van der Waals surface area contributed by atoms with Crippen molar-refractivity contribution in [1.29, 1.82) is 0 Å². The maximum Gasteiger partial charge on any atom is 0.239 e. The van der Waals surface area contributed by atoms with Gasteiger partial charge in [0.25, 0.3) is 0 Å². The van der Waals surface area contributed by atoms with Gasteiger partial charge in [-0.3, -0.25) is 0 Å². The number of ether oxygens (including phenoxy) is 2. The Bertz CT molecular complexity index is 1030. The Morgan fingerprint density at radius 1 is 0.938 bits per heavy atom. The van der Waals surface area contributed by atoms with Gasteiger partial charge in [0.1, 0.15) is 24.4 Å². The Labute approximate surface area is 186 Å². The molecule has 4 N–H and O–H groups in total. The first-order chi connectivity index (χ1) is 15.4. The number of hydrogen-bond donors (Lipinski definition) is 4. The molecule has 8 nitrogen and oxygen atoms in total. The molecule has 1 fully saturated rings. The molecule has 3 aromatic rings. The first kappa shape index (κ1) is 22.4. The van der Waals surface area contributed by atoms with Gasteiger partial charge in [0.05, 0.1) is 12.3 Å². The van der Waals surface area contributed by atoms with E-state index < -0.39 is 37.3 Å². The van der Waals surface area contributed by atoms with Crippen LogP contribution in [0.15, 0.2) is 54.6 Å². The highest BCUT2D eigenvalue weighted by Gasteiger charge is 2.45. The minimum atomic E-state index is -1.52. The maximum atomic E-state index is 10.4. The first-order valence-corrected chi connectivity index (χ1v) is 10.6. The first-order valence-electron chi connectivity index (χ1n) is 10.6. The molecular formula is C24H28N2O6. The molecule has 0 aliphatic carbocycles. The number of nitrogens with zero attached hydrogens (tertiary/aromatic N) is 2. The largest absolute Gasteiger partial charge is 0.443 e. The van der Waals surface area contributed by atoms with Gasteiger partial charge in [-0.05, 0) is 31.5 Å². The predicted molar refractivity (Wildman–Crippen MR) is 117 cm³/mol. The van der Waals surface area contributed by atoms with Crippen LogP contribution < -0.4 is 4.74 Å². The lowest BCUT2D eigenvalue weighted by molar-refractivity contribution is -0.278. The minimum absolute atomic E-state index is 0.247. The van der Waals surface area contributed by atoms with Crippen LogP contribution in [0.5, 0.6) is 5.88 Å². The van der Waals surface area contributed by atoms with Gasteiger partial charge >= 0.3 is 0 Å². The molecule has 1 unspecified atom stereocenters. The molecule has 0 bridgehead atoms. The summed E-state index contributed by atoms with van der Waals surface area (Å²) in [4.78, 5) is 0. The second kappa shape index (κ2) is 9.40. The maximum absolute atomic E-state index is 10.4. The summed E-state index contributed by atoms with van der Waals surface area (Å²) in [5, 5.41) is 44.6. The number of aromatic nitrogens is 2. The SMILES string of the molecule is Cc1ccc(Cc2c(OC3O[C@H](CO)[C@@H](O)[C@H](O)[C@H]3O)nn(-c3ccccc3)c2C)cc1. The van der Waals surface area contributed by atoms with Crippen LogP contribution in [-0.2, 0) is 11.2 Å². The van der Waals surface area contributed by atoms with Crippen LogP contribution in [0.2, 0.25) is 0 Å². The van der Waals surface area contributed by atoms with Gasteiger partial charge in [-0.15, -0.1) is 5.10 Å². The topological polar surface area (TPSA) is 117 Å². The van der Waals surface area contributed by atoms with Gasteiger partial charge in [-0.1, -0.05) is 48.0 Å². The van der Waals surface area contributed by atoms with E-state index in [9.17, 15) is 20.4 Å². The molecule has 5 atom stereocenters. The van der Waals surface area contributed by atoms with E-state index in [1.165, 1.54) is 0 Å². The third kappa shape index (κ3) is 4.41. The number of benzene rings is 2. The highest BCUT2D eigenvalue weighted by molar-refractivity contribution is 5.42. The van der Waals surface area contributed by atoms with E-state index in [-0.39, 0.29) is 5.88 Å². The second-order valence-electron chi connectivity index (χ2n) is 8.09. The van der Waals surface area contributed by atoms with Crippen molar-refractivity contribution < 1.29 is 29.9 Å². The third-order valence-electron chi connectivity index (χ3n) is 5.78. The van der Waals surface area contributed by atoms with Gasteiger partial charge in [0, 0.05) is 17.7 Å². The van der Waals surface area contributed by atoms with Crippen LogP contribution in [-0.4, -0.2) is 67.5 Å². The zero-order chi connectivity index (χ0) is 22.8. The second-order valence-corrected chi connectivity index (χ2v) is 8.09. The van der Waals surface area contributed by atoms with Crippen LogP contribution in [0, 0.1) is 13.8 Å². The Hall–Kier alpha value is -2.75. The van der Waals surface area contributed by atoms with E-state index in [4.69, 9.17) is 9.47 Å². The van der Waals surface area contributed by atoms with Crippen molar-refractivity contribution >= 4 is 0 Å². The highest BCUT2D eigenvalue weighted by Crippen LogP contribution is 2.30. The molecule has 0 radical (unpaired) electrons. The average molecular weight is 440 g/mol. The van der Waals surface area contributed by atoms with Crippen molar-refractivity contribution in [3.05, 3.63) is 77.0 Å². The molecule has 2 heterocycles. The Kier molecular flexibility index (Phi) is 6.59. The van der Waals surface area contributed by atoms with Crippen molar-refractivity contribution in [2.24, 2.45) is 0 Å². The quantitative estimate of drug-likeness (QED) is 0.456. The molecule has 1 saturated heterocycles. The molecule has 8 heteroatoms. The highest BCUT2D eigenvalue weighted by atomic mass is 16.7. The summed E-state index contributed by atoms with van der Waals surface area (Å²) in [7, 11) is 0. The number of aliphatic hydroxyl groups is 4. The molecule has 1 aromatic heterocycles. The molecular weight excluding hydrogens is 412 g/mol.